The van der Waals surface area contributed by atoms with E-state index in [2.05, 4.69) is 30.2 Å². The Balaban J connectivity index is 1.63. The lowest BCUT2D eigenvalue weighted by atomic mass is 10.0. The van der Waals surface area contributed by atoms with E-state index in [1.165, 1.54) is 4.68 Å². The first-order chi connectivity index (χ1) is 15.7. The highest BCUT2D eigenvalue weighted by Crippen LogP contribution is 2.26. The average molecular weight is 476 g/mol. The maximum Gasteiger partial charge on any atom is 0.314 e. The third-order valence-electron chi connectivity index (χ3n) is 4.62. The zero-order valence-electron chi connectivity index (χ0n) is 17.1. The Hall–Kier alpha value is -3.78. The van der Waals surface area contributed by atoms with Crippen molar-refractivity contribution in [2.45, 2.75) is 12.5 Å². The normalized spacial score (nSPS) is 12.8. The highest BCUT2D eigenvalue weighted by atomic mass is 32.2. The summed E-state index contributed by atoms with van der Waals surface area (Å²) < 4.78 is 57.7. The second-order valence-corrected chi connectivity index (χ2v) is 8.89. The summed E-state index contributed by atoms with van der Waals surface area (Å²) >= 11 is 0. The van der Waals surface area contributed by atoms with E-state index >= 15 is 0 Å². The minimum Gasteiger partial charge on any atom is -0.415 e. The second kappa shape index (κ2) is 8.99. The van der Waals surface area contributed by atoms with Gasteiger partial charge in [0.05, 0.1) is 18.5 Å². The van der Waals surface area contributed by atoms with Gasteiger partial charge in [0, 0.05) is 23.9 Å². The summed E-state index contributed by atoms with van der Waals surface area (Å²) in [4.78, 5) is 4.03. The smallest absolute Gasteiger partial charge is 0.314 e. The third kappa shape index (κ3) is 5.35. The van der Waals surface area contributed by atoms with Crippen molar-refractivity contribution < 1.29 is 21.6 Å². The van der Waals surface area contributed by atoms with Gasteiger partial charge in [0.25, 0.3) is 5.89 Å². The Kier molecular flexibility index (Phi) is 6.11. The molecule has 33 heavy (non-hydrogen) atoms. The molecule has 0 spiro atoms. The number of halogens is 2. The number of alkyl halides is 2. The minimum absolute atomic E-state index is 0.00292. The minimum atomic E-state index is -3.48. The van der Waals surface area contributed by atoms with E-state index < -0.39 is 28.4 Å². The molecule has 0 amide bonds. The van der Waals surface area contributed by atoms with E-state index in [0.29, 0.717) is 28.2 Å². The summed E-state index contributed by atoms with van der Waals surface area (Å²) in [6.45, 7) is -0.00292. The summed E-state index contributed by atoms with van der Waals surface area (Å²) in [7, 11) is -3.48. The van der Waals surface area contributed by atoms with Gasteiger partial charge in [-0.05, 0) is 29.8 Å². The fourth-order valence-corrected chi connectivity index (χ4v) is 3.46. The number of hydrogen-bond donors (Lipinski definition) is 2. The lowest BCUT2D eigenvalue weighted by molar-refractivity contribution is 0.116. The van der Waals surface area contributed by atoms with Crippen LogP contribution in [0.2, 0.25) is 0 Å². The van der Waals surface area contributed by atoms with E-state index in [1.54, 1.807) is 48.8 Å². The largest absolute Gasteiger partial charge is 0.415 e. The van der Waals surface area contributed by atoms with E-state index in [4.69, 9.17) is 10.2 Å². The molecule has 4 aromatic rings. The highest BCUT2D eigenvalue weighted by molar-refractivity contribution is 7.88. The van der Waals surface area contributed by atoms with Crippen LogP contribution < -0.4 is 10.5 Å². The van der Waals surface area contributed by atoms with Crippen LogP contribution in [-0.2, 0) is 10.0 Å². The molecule has 14 heteroatoms. The fraction of sp³-hybridized carbons (Fsp3) is 0.211. The van der Waals surface area contributed by atoms with Crippen LogP contribution in [0.1, 0.15) is 23.9 Å². The molecule has 0 bridgehead atoms. The topological polar surface area (TPSA) is 155 Å². The Labute approximate surface area is 186 Å². The SMILES string of the molecule is CS(=O)(=O)NCC(c1ccc(-c2nnc(C(F)F)o2)cc1)n1cc(-c2ccc(N)nc2)nn1. The van der Waals surface area contributed by atoms with Crippen LogP contribution in [-0.4, -0.2) is 51.4 Å². The van der Waals surface area contributed by atoms with Gasteiger partial charge in [0.2, 0.25) is 15.9 Å². The van der Waals surface area contributed by atoms with Gasteiger partial charge in [0.15, 0.2) is 0 Å². The van der Waals surface area contributed by atoms with Crippen molar-refractivity contribution in [1.82, 2.24) is 34.9 Å². The number of benzene rings is 1. The van der Waals surface area contributed by atoms with Crippen LogP contribution in [0.15, 0.2) is 53.2 Å². The molecule has 1 aromatic carbocycles. The van der Waals surface area contributed by atoms with E-state index in [0.717, 1.165) is 6.26 Å². The maximum absolute atomic E-state index is 12.7. The summed E-state index contributed by atoms with van der Waals surface area (Å²) in [5.41, 5.74) is 7.93. The van der Waals surface area contributed by atoms with Gasteiger partial charge in [-0.1, -0.05) is 17.3 Å². The van der Waals surface area contributed by atoms with Crippen LogP contribution in [0, 0.1) is 0 Å². The van der Waals surface area contributed by atoms with Gasteiger partial charge in [-0.25, -0.2) is 22.8 Å². The molecule has 172 valence electrons. The predicted octanol–water partition coefficient (Wildman–Crippen LogP) is 2.05. The number of aromatic nitrogens is 6. The summed E-state index contributed by atoms with van der Waals surface area (Å²) in [5.74, 6) is -0.457. The number of nitrogens with one attached hydrogen (secondary N) is 1. The van der Waals surface area contributed by atoms with Crippen LogP contribution in [0.4, 0.5) is 14.6 Å². The van der Waals surface area contributed by atoms with Crippen molar-refractivity contribution in [3.8, 4) is 22.7 Å². The molecular weight excluding hydrogens is 458 g/mol. The number of anilines is 1. The standard InChI is InChI=1S/C19H18F2N8O3S/c1-33(30,31)24-9-15(29-10-14(25-28-29)13-6-7-16(22)23-8-13)11-2-4-12(5-3-11)18-26-27-19(32-18)17(20)21/h2-8,10,15,17,24H,9H2,1H3,(H2,22,23). The Morgan fingerprint density at radius 1 is 1.09 bits per heavy atom. The first kappa shape index (κ1) is 22.4. The van der Waals surface area contributed by atoms with Crippen LogP contribution in [0.25, 0.3) is 22.7 Å². The second-order valence-electron chi connectivity index (χ2n) is 7.06. The lowest BCUT2D eigenvalue weighted by Gasteiger charge is -2.18. The number of hydrogen-bond acceptors (Lipinski definition) is 9. The number of sulfonamides is 1. The number of rotatable bonds is 8. The number of nitrogen functional groups attached to an aromatic ring is 1. The molecule has 0 saturated carbocycles. The molecule has 3 aromatic heterocycles. The van der Waals surface area contributed by atoms with Gasteiger partial charge in [-0.15, -0.1) is 15.3 Å². The fourth-order valence-electron chi connectivity index (χ4n) is 3.00. The Bertz CT molecular complexity index is 1340. The molecule has 1 unspecified atom stereocenters. The van der Waals surface area contributed by atoms with Gasteiger partial charge in [0.1, 0.15) is 11.5 Å². The number of nitrogens with two attached hydrogens (primary N) is 1. The molecule has 0 saturated heterocycles. The maximum atomic E-state index is 12.7. The number of nitrogens with zero attached hydrogens (tertiary/aromatic N) is 6. The monoisotopic (exact) mass is 476 g/mol. The van der Waals surface area contributed by atoms with Crippen LogP contribution >= 0.6 is 0 Å². The molecule has 0 aliphatic rings. The molecule has 3 heterocycles. The Morgan fingerprint density at radius 2 is 1.82 bits per heavy atom. The highest BCUT2D eigenvalue weighted by Gasteiger charge is 2.20. The first-order valence-corrected chi connectivity index (χ1v) is 11.4. The average Bonchev–Trinajstić information content (AvgIpc) is 3.45. The molecule has 1 atom stereocenters. The third-order valence-corrected chi connectivity index (χ3v) is 5.31. The van der Waals surface area contributed by atoms with Crippen molar-refractivity contribution in [3.05, 3.63) is 60.2 Å². The van der Waals surface area contributed by atoms with Crippen molar-refractivity contribution in [3.63, 3.8) is 0 Å². The molecule has 0 radical (unpaired) electrons. The zero-order valence-corrected chi connectivity index (χ0v) is 17.9. The predicted molar refractivity (Wildman–Crippen MR) is 113 cm³/mol. The van der Waals surface area contributed by atoms with Gasteiger partial charge in [-0.3, -0.25) is 0 Å². The number of pyridine rings is 1. The molecular formula is C19H18F2N8O3S. The van der Waals surface area contributed by atoms with Crippen molar-refractivity contribution in [2.75, 3.05) is 18.5 Å². The zero-order chi connectivity index (χ0) is 23.6. The van der Waals surface area contributed by atoms with Crippen molar-refractivity contribution in [2.24, 2.45) is 0 Å². The van der Waals surface area contributed by atoms with Crippen molar-refractivity contribution >= 4 is 15.8 Å². The Morgan fingerprint density at radius 3 is 2.42 bits per heavy atom. The van der Waals surface area contributed by atoms with Crippen molar-refractivity contribution in [1.29, 1.82) is 0 Å². The molecule has 0 fully saturated rings. The molecule has 3 N–H and O–H groups in total. The molecule has 0 aliphatic heterocycles. The van der Waals surface area contributed by atoms with Gasteiger partial charge in [-0.2, -0.15) is 8.78 Å². The van der Waals surface area contributed by atoms with Gasteiger partial charge < -0.3 is 10.2 Å². The molecule has 11 nitrogen and oxygen atoms in total. The van der Waals surface area contributed by atoms with Gasteiger partial charge >= 0.3 is 6.43 Å². The summed E-state index contributed by atoms with van der Waals surface area (Å²) in [6.07, 6.45) is 1.40. The lowest BCUT2D eigenvalue weighted by Crippen LogP contribution is -2.30. The quantitative estimate of drug-likeness (QED) is 0.389. The van der Waals surface area contributed by atoms with E-state index in [9.17, 15) is 17.2 Å². The first-order valence-electron chi connectivity index (χ1n) is 9.50. The molecule has 0 aliphatic carbocycles. The van der Waals surface area contributed by atoms with Crippen LogP contribution in [0.3, 0.4) is 0 Å². The summed E-state index contributed by atoms with van der Waals surface area (Å²) in [5, 5.41) is 15.2. The molecule has 4 rings (SSSR count). The van der Waals surface area contributed by atoms with E-state index in [1.807, 2.05) is 0 Å². The van der Waals surface area contributed by atoms with Crippen LogP contribution in [0.5, 0.6) is 0 Å². The van der Waals surface area contributed by atoms with E-state index in [-0.39, 0.29) is 12.4 Å². The summed E-state index contributed by atoms with van der Waals surface area (Å²) in [6, 6.07) is 9.39.